The predicted octanol–water partition coefficient (Wildman–Crippen LogP) is 2.03. The standard InChI is InChI=1S/C16H25N5O2/c1-12-13(10-20(2)18-12)11-21-8-5-4-6-14(21)16-17-15(19-23-16)7-9-22-3/h10,14H,4-9,11H2,1-3H3. The lowest BCUT2D eigenvalue weighted by Crippen LogP contribution is -2.33. The van der Waals surface area contributed by atoms with Gasteiger partial charge in [-0.2, -0.15) is 10.1 Å². The molecular weight excluding hydrogens is 294 g/mol. The third-order valence-corrected chi connectivity index (χ3v) is 4.40. The molecule has 3 rings (SSSR count). The molecule has 7 heteroatoms. The van der Waals surface area contributed by atoms with Gasteiger partial charge in [-0.3, -0.25) is 9.58 Å². The Labute approximate surface area is 136 Å². The van der Waals surface area contributed by atoms with Crippen LogP contribution in [-0.4, -0.2) is 45.1 Å². The average Bonchev–Trinajstić information content (AvgIpc) is 3.13. The minimum absolute atomic E-state index is 0.201. The van der Waals surface area contributed by atoms with Crippen molar-refractivity contribution < 1.29 is 9.26 Å². The van der Waals surface area contributed by atoms with Crippen molar-refractivity contribution in [3.05, 3.63) is 29.2 Å². The van der Waals surface area contributed by atoms with Crippen LogP contribution in [0.15, 0.2) is 10.7 Å². The zero-order valence-corrected chi connectivity index (χ0v) is 14.2. The van der Waals surface area contributed by atoms with E-state index in [-0.39, 0.29) is 6.04 Å². The van der Waals surface area contributed by atoms with Gasteiger partial charge in [0, 0.05) is 38.9 Å². The van der Waals surface area contributed by atoms with Crippen molar-refractivity contribution in [2.75, 3.05) is 20.3 Å². The molecule has 0 aromatic carbocycles. The summed E-state index contributed by atoms with van der Waals surface area (Å²) in [6.45, 7) is 4.60. The smallest absolute Gasteiger partial charge is 0.244 e. The molecule has 23 heavy (non-hydrogen) atoms. The van der Waals surface area contributed by atoms with Crippen molar-refractivity contribution in [1.29, 1.82) is 0 Å². The first-order valence-electron chi connectivity index (χ1n) is 8.22. The van der Waals surface area contributed by atoms with E-state index in [0.717, 1.165) is 36.9 Å². The van der Waals surface area contributed by atoms with Crippen LogP contribution in [0.3, 0.4) is 0 Å². The van der Waals surface area contributed by atoms with Gasteiger partial charge in [-0.25, -0.2) is 0 Å². The highest BCUT2D eigenvalue weighted by Gasteiger charge is 2.29. The maximum atomic E-state index is 5.53. The van der Waals surface area contributed by atoms with E-state index >= 15 is 0 Å². The third-order valence-electron chi connectivity index (χ3n) is 4.40. The first-order valence-corrected chi connectivity index (χ1v) is 8.22. The molecule has 7 nitrogen and oxygen atoms in total. The van der Waals surface area contributed by atoms with E-state index in [1.54, 1.807) is 7.11 Å². The van der Waals surface area contributed by atoms with Gasteiger partial charge in [-0.1, -0.05) is 11.6 Å². The van der Waals surface area contributed by atoms with Crippen LogP contribution in [-0.2, 0) is 24.8 Å². The Bertz CT molecular complexity index is 636. The number of aryl methyl sites for hydroxylation is 2. The molecule has 2 aromatic rings. The molecule has 1 fully saturated rings. The number of piperidine rings is 1. The van der Waals surface area contributed by atoms with Gasteiger partial charge >= 0.3 is 0 Å². The highest BCUT2D eigenvalue weighted by Crippen LogP contribution is 2.31. The van der Waals surface area contributed by atoms with Crippen molar-refractivity contribution in [3.63, 3.8) is 0 Å². The Hall–Kier alpha value is -1.73. The van der Waals surface area contributed by atoms with Gasteiger partial charge in [0.15, 0.2) is 5.82 Å². The van der Waals surface area contributed by atoms with E-state index in [9.17, 15) is 0 Å². The summed E-state index contributed by atoms with van der Waals surface area (Å²) in [5.74, 6) is 1.46. The molecule has 1 aliphatic rings. The largest absolute Gasteiger partial charge is 0.384 e. The van der Waals surface area contributed by atoms with Gasteiger partial charge in [0.2, 0.25) is 5.89 Å². The fraction of sp³-hybridized carbons (Fsp3) is 0.688. The molecule has 0 amide bonds. The SMILES string of the molecule is COCCc1noc(C2CCCCN2Cc2cn(C)nc2C)n1. The van der Waals surface area contributed by atoms with Crippen molar-refractivity contribution in [3.8, 4) is 0 Å². The maximum absolute atomic E-state index is 5.53. The van der Waals surface area contributed by atoms with Gasteiger partial charge in [-0.05, 0) is 26.3 Å². The summed E-state index contributed by atoms with van der Waals surface area (Å²) in [6.07, 6.45) is 6.25. The summed E-state index contributed by atoms with van der Waals surface area (Å²) in [4.78, 5) is 7.00. The lowest BCUT2D eigenvalue weighted by molar-refractivity contribution is 0.111. The van der Waals surface area contributed by atoms with Crippen LogP contribution in [0.5, 0.6) is 0 Å². The summed E-state index contributed by atoms with van der Waals surface area (Å²) < 4.78 is 12.5. The molecule has 0 bridgehead atoms. The normalized spacial score (nSPS) is 19.3. The number of ether oxygens (including phenoxy) is 1. The lowest BCUT2D eigenvalue weighted by Gasteiger charge is -2.33. The number of likely N-dealkylation sites (tertiary alicyclic amines) is 1. The quantitative estimate of drug-likeness (QED) is 0.811. The summed E-state index contributed by atoms with van der Waals surface area (Å²) in [7, 11) is 3.64. The summed E-state index contributed by atoms with van der Waals surface area (Å²) in [6, 6.07) is 0.201. The Morgan fingerprint density at radius 1 is 1.39 bits per heavy atom. The van der Waals surface area contributed by atoms with E-state index in [1.807, 2.05) is 11.7 Å². The molecule has 0 N–H and O–H groups in total. The Balaban J connectivity index is 1.73. The molecule has 0 radical (unpaired) electrons. The van der Waals surface area contributed by atoms with Gasteiger partial charge in [0.1, 0.15) is 0 Å². The lowest BCUT2D eigenvalue weighted by atomic mass is 10.0. The van der Waals surface area contributed by atoms with Crippen LogP contribution in [0.1, 0.15) is 48.3 Å². The van der Waals surface area contributed by atoms with Crippen molar-refractivity contribution in [1.82, 2.24) is 24.8 Å². The van der Waals surface area contributed by atoms with E-state index in [1.165, 1.54) is 18.4 Å². The monoisotopic (exact) mass is 319 g/mol. The molecule has 1 saturated heterocycles. The summed E-state index contributed by atoms with van der Waals surface area (Å²) in [5, 5.41) is 8.52. The van der Waals surface area contributed by atoms with Crippen LogP contribution in [0, 0.1) is 6.92 Å². The molecule has 2 aromatic heterocycles. The van der Waals surface area contributed by atoms with Crippen LogP contribution in [0.4, 0.5) is 0 Å². The van der Waals surface area contributed by atoms with Crippen molar-refractivity contribution >= 4 is 0 Å². The zero-order valence-electron chi connectivity index (χ0n) is 14.2. The fourth-order valence-corrected chi connectivity index (χ4v) is 3.18. The van der Waals surface area contributed by atoms with E-state index in [4.69, 9.17) is 9.26 Å². The molecule has 1 aliphatic heterocycles. The maximum Gasteiger partial charge on any atom is 0.244 e. The Kier molecular flexibility index (Phi) is 5.07. The Morgan fingerprint density at radius 2 is 2.26 bits per heavy atom. The average molecular weight is 319 g/mol. The highest BCUT2D eigenvalue weighted by molar-refractivity contribution is 5.15. The number of rotatable bonds is 6. The number of aromatic nitrogens is 4. The summed E-state index contributed by atoms with van der Waals surface area (Å²) >= 11 is 0. The first kappa shape index (κ1) is 16.1. The molecule has 3 heterocycles. The highest BCUT2D eigenvalue weighted by atomic mass is 16.5. The topological polar surface area (TPSA) is 69.2 Å². The molecule has 1 atom stereocenters. The molecule has 0 spiro atoms. The third kappa shape index (κ3) is 3.79. The van der Waals surface area contributed by atoms with Gasteiger partial charge in [0.25, 0.3) is 0 Å². The second-order valence-corrected chi connectivity index (χ2v) is 6.19. The number of hydrogen-bond acceptors (Lipinski definition) is 6. The van der Waals surface area contributed by atoms with Crippen LogP contribution < -0.4 is 0 Å². The minimum atomic E-state index is 0.201. The number of nitrogens with zero attached hydrogens (tertiary/aromatic N) is 5. The molecule has 126 valence electrons. The molecule has 0 saturated carbocycles. The van der Waals surface area contributed by atoms with Gasteiger partial charge < -0.3 is 9.26 Å². The molecule has 1 unspecified atom stereocenters. The fourth-order valence-electron chi connectivity index (χ4n) is 3.18. The molecular formula is C16H25N5O2. The van der Waals surface area contributed by atoms with Crippen molar-refractivity contribution in [2.24, 2.45) is 7.05 Å². The van der Waals surface area contributed by atoms with Gasteiger partial charge in [-0.15, -0.1) is 0 Å². The summed E-state index contributed by atoms with van der Waals surface area (Å²) in [5.41, 5.74) is 2.35. The number of methoxy groups -OCH3 is 1. The molecule has 0 aliphatic carbocycles. The zero-order chi connectivity index (χ0) is 16.2. The van der Waals surface area contributed by atoms with Crippen LogP contribution in [0.25, 0.3) is 0 Å². The predicted molar refractivity (Wildman–Crippen MR) is 84.8 cm³/mol. The first-order chi connectivity index (χ1) is 11.2. The van der Waals surface area contributed by atoms with E-state index < -0.39 is 0 Å². The van der Waals surface area contributed by atoms with Crippen LogP contribution in [0.2, 0.25) is 0 Å². The van der Waals surface area contributed by atoms with Crippen LogP contribution >= 0.6 is 0 Å². The van der Waals surface area contributed by atoms with Gasteiger partial charge in [0.05, 0.1) is 18.3 Å². The van der Waals surface area contributed by atoms with Crippen molar-refractivity contribution in [2.45, 2.75) is 45.2 Å². The number of hydrogen-bond donors (Lipinski definition) is 0. The Morgan fingerprint density at radius 3 is 3.00 bits per heavy atom. The van der Waals surface area contributed by atoms with E-state index in [2.05, 4.69) is 33.3 Å². The van der Waals surface area contributed by atoms with E-state index in [0.29, 0.717) is 13.0 Å². The second kappa shape index (κ2) is 7.23. The minimum Gasteiger partial charge on any atom is -0.384 e. The second-order valence-electron chi connectivity index (χ2n) is 6.19.